The fraction of sp³-hybridized carbons (Fsp3) is 0.0909. The Bertz CT molecular complexity index is 943. The SMILES string of the molecule is Cc1cc(Br)ccc1NC(=O)C(NC(=O)c1ccccc1)c1ccccc1. The van der Waals surface area contributed by atoms with E-state index in [4.69, 9.17) is 0 Å². The summed E-state index contributed by atoms with van der Waals surface area (Å²) in [6.07, 6.45) is 0. The maximum atomic E-state index is 13.0. The summed E-state index contributed by atoms with van der Waals surface area (Å²) in [5.74, 6) is -0.594. The second kappa shape index (κ2) is 8.64. The molecule has 27 heavy (non-hydrogen) atoms. The molecule has 2 N–H and O–H groups in total. The third-order valence-corrected chi connectivity index (χ3v) is 4.65. The molecule has 0 aliphatic carbocycles. The number of carbonyl (C=O) groups is 2. The average Bonchev–Trinajstić information content (AvgIpc) is 2.69. The molecule has 1 unspecified atom stereocenters. The van der Waals surface area contributed by atoms with Gasteiger partial charge in [-0.05, 0) is 48.4 Å². The van der Waals surface area contributed by atoms with E-state index in [1.54, 1.807) is 24.3 Å². The number of halogens is 1. The lowest BCUT2D eigenvalue weighted by Gasteiger charge is -2.20. The zero-order chi connectivity index (χ0) is 19.2. The molecule has 3 rings (SSSR count). The van der Waals surface area contributed by atoms with Gasteiger partial charge in [0.05, 0.1) is 0 Å². The molecule has 3 aromatic rings. The largest absolute Gasteiger partial charge is 0.336 e. The van der Waals surface area contributed by atoms with E-state index in [1.807, 2.05) is 61.5 Å². The van der Waals surface area contributed by atoms with Gasteiger partial charge in [-0.2, -0.15) is 0 Å². The summed E-state index contributed by atoms with van der Waals surface area (Å²) < 4.78 is 0.940. The second-order valence-corrected chi connectivity index (χ2v) is 7.05. The van der Waals surface area contributed by atoms with Gasteiger partial charge in [-0.3, -0.25) is 9.59 Å². The van der Waals surface area contributed by atoms with Crippen molar-refractivity contribution < 1.29 is 9.59 Å². The summed E-state index contributed by atoms with van der Waals surface area (Å²) in [5, 5.41) is 5.76. The number of hydrogen-bond donors (Lipinski definition) is 2. The Balaban J connectivity index is 1.85. The van der Waals surface area contributed by atoms with Crippen molar-refractivity contribution in [1.29, 1.82) is 0 Å². The van der Waals surface area contributed by atoms with Gasteiger partial charge in [0.15, 0.2) is 0 Å². The summed E-state index contributed by atoms with van der Waals surface area (Å²) in [6.45, 7) is 1.92. The van der Waals surface area contributed by atoms with Gasteiger partial charge in [-0.1, -0.05) is 64.5 Å². The molecule has 0 aromatic heterocycles. The van der Waals surface area contributed by atoms with Gasteiger partial charge in [0.1, 0.15) is 6.04 Å². The van der Waals surface area contributed by atoms with E-state index in [-0.39, 0.29) is 11.8 Å². The quantitative estimate of drug-likeness (QED) is 0.616. The lowest BCUT2D eigenvalue weighted by atomic mass is 10.0. The summed E-state index contributed by atoms with van der Waals surface area (Å²) >= 11 is 3.42. The first kappa shape index (κ1) is 18.9. The average molecular weight is 423 g/mol. The van der Waals surface area contributed by atoms with Crippen molar-refractivity contribution in [3.8, 4) is 0 Å². The standard InChI is InChI=1S/C22H19BrN2O2/c1-15-14-18(23)12-13-19(15)24-22(27)20(16-8-4-2-5-9-16)25-21(26)17-10-6-3-7-11-17/h2-14,20H,1H3,(H,24,27)(H,25,26). The van der Waals surface area contributed by atoms with Crippen LogP contribution in [0.3, 0.4) is 0 Å². The van der Waals surface area contributed by atoms with E-state index in [9.17, 15) is 9.59 Å². The van der Waals surface area contributed by atoms with Crippen LogP contribution in [0.2, 0.25) is 0 Å². The first-order valence-electron chi connectivity index (χ1n) is 8.52. The van der Waals surface area contributed by atoms with E-state index in [1.165, 1.54) is 0 Å². The molecule has 4 nitrogen and oxygen atoms in total. The first-order valence-corrected chi connectivity index (χ1v) is 9.32. The van der Waals surface area contributed by atoms with Crippen LogP contribution in [0.4, 0.5) is 5.69 Å². The monoisotopic (exact) mass is 422 g/mol. The van der Waals surface area contributed by atoms with Crippen molar-refractivity contribution in [3.63, 3.8) is 0 Å². The zero-order valence-electron chi connectivity index (χ0n) is 14.8. The lowest BCUT2D eigenvalue weighted by Crippen LogP contribution is -2.37. The van der Waals surface area contributed by atoms with E-state index < -0.39 is 6.04 Å². The molecule has 0 bridgehead atoms. The minimum absolute atomic E-state index is 0.295. The zero-order valence-corrected chi connectivity index (χ0v) is 16.4. The third-order valence-electron chi connectivity index (χ3n) is 4.15. The van der Waals surface area contributed by atoms with Crippen LogP contribution < -0.4 is 10.6 Å². The third kappa shape index (κ3) is 4.83. The Morgan fingerprint density at radius 3 is 2.15 bits per heavy atom. The summed E-state index contributed by atoms with van der Waals surface area (Å²) in [4.78, 5) is 25.6. The molecule has 0 radical (unpaired) electrons. The minimum atomic E-state index is -0.804. The van der Waals surface area contributed by atoms with Gasteiger partial charge in [0, 0.05) is 15.7 Å². The van der Waals surface area contributed by atoms with Crippen LogP contribution in [0.25, 0.3) is 0 Å². The van der Waals surface area contributed by atoms with Crippen molar-refractivity contribution in [2.24, 2.45) is 0 Å². The van der Waals surface area contributed by atoms with Crippen LogP contribution in [0.15, 0.2) is 83.3 Å². The van der Waals surface area contributed by atoms with E-state index in [0.717, 1.165) is 10.0 Å². The Hall–Kier alpha value is -2.92. The predicted octanol–water partition coefficient (Wildman–Crippen LogP) is 4.87. The molecule has 3 aromatic carbocycles. The van der Waals surface area contributed by atoms with E-state index in [2.05, 4.69) is 26.6 Å². The highest BCUT2D eigenvalue weighted by Crippen LogP contribution is 2.22. The predicted molar refractivity (Wildman–Crippen MR) is 111 cm³/mol. The molecule has 136 valence electrons. The topological polar surface area (TPSA) is 58.2 Å². The smallest absolute Gasteiger partial charge is 0.252 e. The lowest BCUT2D eigenvalue weighted by molar-refractivity contribution is -0.118. The molecule has 5 heteroatoms. The van der Waals surface area contributed by atoms with Crippen molar-refractivity contribution in [3.05, 3.63) is 100 Å². The van der Waals surface area contributed by atoms with Crippen molar-refractivity contribution in [2.75, 3.05) is 5.32 Å². The Morgan fingerprint density at radius 1 is 0.889 bits per heavy atom. The number of benzene rings is 3. The molecular weight excluding hydrogens is 404 g/mol. The van der Waals surface area contributed by atoms with E-state index >= 15 is 0 Å². The van der Waals surface area contributed by atoms with E-state index in [0.29, 0.717) is 16.8 Å². The van der Waals surface area contributed by atoms with Crippen LogP contribution in [-0.2, 0) is 4.79 Å². The number of amides is 2. The highest BCUT2D eigenvalue weighted by molar-refractivity contribution is 9.10. The molecule has 2 amide bonds. The van der Waals surface area contributed by atoms with Crippen LogP contribution >= 0.6 is 15.9 Å². The molecule has 1 atom stereocenters. The maximum absolute atomic E-state index is 13.0. The fourth-order valence-corrected chi connectivity index (χ4v) is 3.20. The normalized spacial score (nSPS) is 11.5. The van der Waals surface area contributed by atoms with Crippen LogP contribution in [0.5, 0.6) is 0 Å². The molecule has 0 aliphatic heterocycles. The van der Waals surface area contributed by atoms with Crippen molar-refractivity contribution >= 4 is 33.4 Å². The van der Waals surface area contributed by atoms with Gasteiger partial charge in [0.25, 0.3) is 11.8 Å². The Morgan fingerprint density at radius 2 is 1.52 bits per heavy atom. The van der Waals surface area contributed by atoms with Crippen molar-refractivity contribution in [1.82, 2.24) is 5.32 Å². The highest BCUT2D eigenvalue weighted by Gasteiger charge is 2.23. The number of carbonyl (C=O) groups excluding carboxylic acids is 2. The Labute approximate surface area is 166 Å². The number of rotatable bonds is 5. The molecular formula is C22H19BrN2O2. The number of nitrogens with one attached hydrogen (secondary N) is 2. The summed E-state index contributed by atoms with van der Waals surface area (Å²) in [5.41, 5.74) is 2.86. The summed E-state index contributed by atoms with van der Waals surface area (Å²) in [7, 11) is 0. The first-order chi connectivity index (χ1) is 13.0. The van der Waals surface area contributed by atoms with Gasteiger partial charge >= 0.3 is 0 Å². The van der Waals surface area contributed by atoms with Crippen LogP contribution in [0.1, 0.15) is 27.5 Å². The molecule has 0 fully saturated rings. The van der Waals surface area contributed by atoms with Gasteiger partial charge < -0.3 is 10.6 Å². The second-order valence-electron chi connectivity index (χ2n) is 6.13. The molecule has 0 spiro atoms. The maximum Gasteiger partial charge on any atom is 0.252 e. The highest BCUT2D eigenvalue weighted by atomic mass is 79.9. The Kier molecular flexibility index (Phi) is 6.04. The van der Waals surface area contributed by atoms with Gasteiger partial charge in [-0.15, -0.1) is 0 Å². The molecule has 0 saturated heterocycles. The van der Waals surface area contributed by atoms with Crippen LogP contribution in [0, 0.1) is 6.92 Å². The molecule has 0 saturated carbocycles. The number of anilines is 1. The van der Waals surface area contributed by atoms with Gasteiger partial charge in [-0.25, -0.2) is 0 Å². The molecule has 0 aliphatic rings. The van der Waals surface area contributed by atoms with Crippen LogP contribution in [-0.4, -0.2) is 11.8 Å². The summed E-state index contributed by atoms with van der Waals surface area (Å²) in [6, 6.07) is 22.9. The number of aryl methyl sites for hydroxylation is 1. The molecule has 0 heterocycles. The fourth-order valence-electron chi connectivity index (χ4n) is 2.72. The van der Waals surface area contributed by atoms with Gasteiger partial charge in [0.2, 0.25) is 0 Å². The minimum Gasteiger partial charge on any atom is -0.336 e. The van der Waals surface area contributed by atoms with Crippen molar-refractivity contribution in [2.45, 2.75) is 13.0 Å². The number of hydrogen-bond acceptors (Lipinski definition) is 2.